The molecule has 1 aromatic heterocycles. The Morgan fingerprint density at radius 2 is 2.54 bits per heavy atom. The molecule has 4 nitrogen and oxygen atoms in total. The SMILES string of the molecule is C=Cn1cnnc1/C=C(\CC)NC. The molecular formula is C9H14N4. The third-order valence-electron chi connectivity index (χ3n) is 1.80. The van der Waals surface area contributed by atoms with Crippen LogP contribution in [0.5, 0.6) is 0 Å². The first-order valence-electron chi connectivity index (χ1n) is 4.22. The molecule has 0 atom stereocenters. The highest BCUT2D eigenvalue weighted by Crippen LogP contribution is 2.04. The number of nitrogens with zero attached hydrogens (tertiary/aromatic N) is 3. The Morgan fingerprint density at radius 1 is 1.77 bits per heavy atom. The quantitative estimate of drug-likeness (QED) is 0.756. The Morgan fingerprint density at radius 3 is 3.08 bits per heavy atom. The zero-order valence-corrected chi connectivity index (χ0v) is 7.99. The first-order chi connectivity index (χ1) is 6.31. The van der Waals surface area contributed by atoms with Gasteiger partial charge in [0.15, 0.2) is 5.82 Å². The van der Waals surface area contributed by atoms with Gasteiger partial charge in [-0.1, -0.05) is 13.5 Å². The van der Waals surface area contributed by atoms with Gasteiger partial charge >= 0.3 is 0 Å². The van der Waals surface area contributed by atoms with Gasteiger partial charge in [-0.15, -0.1) is 10.2 Å². The van der Waals surface area contributed by atoms with Crippen molar-refractivity contribution >= 4 is 12.3 Å². The summed E-state index contributed by atoms with van der Waals surface area (Å²) in [6.45, 7) is 5.74. The van der Waals surface area contributed by atoms with Crippen LogP contribution in [0.15, 0.2) is 18.6 Å². The van der Waals surface area contributed by atoms with Crippen LogP contribution in [0, 0.1) is 0 Å². The van der Waals surface area contributed by atoms with E-state index in [2.05, 4.69) is 29.0 Å². The summed E-state index contributed by atoms with van der Waals surface area (Å²) in [6, 6.07) is 0. The van der Waals surface area contributed by atoms with Gasteiger partial charge in [0.1, 0.15) is 6.33 Å². The van der Waals surface area contributed by atoms with Crippen LogP contribution >= 0.6 is 0 Å². The van der Waals surface area contributed by atoms with Gasteiger partial charge in [-0.3, -0.25) is 4.57 Å². The van der Waals surface area contributed by atoms with Crippen molar-refractivity contribution < 1.29 is 0 Å². The van der Waals surface area contributed by atoms with E-state index in [1.165, 1.54) is 0 Å². The lowest BCUT2D eigenvalue weighted by Gasteiger charge is -2.02. The molecule has 0 saturated heterocycles. The van der Waals surface area contributed by atoms with Gasteiger partial charge in [0.25, 0.3) is 0 Å². The van der Waals surface area contributed by atoms with Crippen LogP contribution < -0.4 is 5.32 Å². The molecule has 0 bridgehead atoms. The molecule has 0 aliphatic rings. The van der Waals surface area contributed by atoms with Crippen LogP contribution in [0.3, 0.4) is 0 Å². The summed E-state index contributed by atoms with van der Waals surface area (Å²) < 4.78 is 1.77. The summed E-state index contributed by atoms with van der Waals surface area (Å²) in [6.07, 6.45) is 6.20. The maximum absolute atomic E-state index is 3.95. The number of hydrogen-bond acceptors (Lipinski definition) is 3. The molecule has 1 rings (SSSR count). The maximum atomic E-state index is 3.95. The molecule has 70 valence electrons. The van der Waals surface area contributed by atoms with Gasteiger partial charge in [-0.25, -0.2) is 0 Å². The van der Waals surface area contributed by atoms with E-state index in [9.17, 15) is 0 Å². The van der Waals surface area contributed by atoms with Gasteiger partial charge in [0, 0.05) is 25.0 Å². The van der Waals surface area contributed by atoms with Crippen molar-refractivity contribution in [3.8, 4) is 0 Å². The zero-order valence-electron chi connectivity index (χ0n) is 7.99. The average Bonchev–Trinajstić information content (AvgIpc) is 2.61. The summed E-state index contributed by atoms with van der Waals surface area (Å²) in [5, 5.41) is 10.8. The van der Waals surface area contributed by atoms with Crippen molar-refractivity contribution in [1.29, 1.82) is 0 Å². The second-order valence-electron chi connectivity index (χ2n) is 2.55. The first-order valence-corrected chi connectivity index (χ1v) is 4.22. The number of allylic oxidation sites excluding steroid dienone is 1. The number of hydrogen-bond donors (Lipinski definition) is 1. The molecule has 0 aromatic carbocycles. The van der Waals surface area contributed by atoms with Crippen LogP contribution in [-0.2, 0) is 0 Å². The van der Waals surface area contributed by atoms with Gasteiger partial charge in [-0.05, 0) is 6.42 Å². The summed E-state index contributed by atoms with van der Waals surface area (Å²) in [7, 11) is 1.89. The topological polar surface area (TPSA) is 42.7 Å². The molecular weight excluding hydrogens is 164 g/mol. The monoisotopic (exact) mass is 178 g/mol. The highest BCUT2D eigenvalue weighted by Gasteiger charge is 1.98. The molecule has 1 N–H and O–H groups in total. The van der Waals surface area contributed by atoms with Gasteiger partial charge in [0.2, 0.25) is 0 Å². The van der Waals surface area contributed by atoms with E-state index in [0.717, 1.165) is 17.9 Å². The highest BCUT2D eigenvalue weighted by atomic mass is 15.2. The van der Waals surface area contributed by atoms with Crippen molar-refractivity contribution in [3.05, 3.63) is 24.4 Å². The number of nitrogens with one attached hydrogen (secondary N) is 1. The van der Waals surface area contributed by atoms with E-state index >= 15 is 0 Å². The molecule has 0 unspecified atom stereocenters. The van der Waals surface area contributed by atoms with E-state index in [4.69, 9.17) is 0 Å². The fourth-order valence-electron chi connectivity index (χ4n) is 1.00. The molecule has 1 aromatic rings. The molecule has 4 heteroatoms. The van der Waals surface area contributed by atoms with E-state index in [1.807, 2.05) is 13.1 Å². The lowest BCUT2D eigenvalue weighted by molar-refractivity contribution is 0.906. The summed E-state index contributed by atoms with van der Waals surface area (Å²) >= 11 is 0. The fraction of sp³-hybridized carbons (Fsp3) is 0.333. The molecule has 0 aliphatic heterocycles. The standard InChI is InChI=1S/C9H14N4/c1-4-8(10-3)6-9-12-11-7-13(9)5-2/h5-7,10H,2,4H2,1,3H3/b8-6+. The van der Waals surface area contributed by atoms with Gasteiger partial charge in [0.05, 0.1) is 0 Å². The van der Waals surface area contributed by atoms with E-state index < -0.39 is 0 Å². The van der Waals surface area contributed by atoms with Crippen molar-refractivity contribution in [2.75, 3.05) is 7.05 Å². The lowest BCUT2D eigenvalue weighted by Crippen LogP contribution is -2.04. The first kappa shape index (κ1) is 9.51. The largest absolute Gasteiger partial charge is 0.391 e. The van der Waals surface area contributed by atoms with Crippen molar-refractivity contribution in [2.24, 2.45) is 0 Å². The minimum absolute atomic E-state index is 0.793. The minimum Gasteiger partial charge on any atom is -0.391 e. The molecule has 0 saturated carbocycles. The predicted octanol–water partition coefficient (Wildman–Crippen LogP) is 1.35. The maximum Gasteiger partial charge on any atom is 0.162 e. The van der Waals surface area contributed by atoms with Gasteiger partial charge < -0.3 is 5.32 Å². The molecule has 13 heavy (non-hydrogen) atoms. The Kier molecular flexibility index (Phi) is 3.25. The lowest BCUT2D eigenvalue weighted by atomic mass is 10.3. The Balaban J connectivity index is 2.94. The molecule has 0 radical (unpaired) electrons. The van der Waals surface area contributed by atoms with E-state index in [-0.39, 0.29) is 0 Å². The molecule has 1 heterocycles. The molecule has 0 spiro atoms. The Hall–Kier alpha value is -1.58. The molecule has 0 fully saturated rings. The van der Waals surface area contributed by atoms with Crippen LogP contribution in [0.25, 0.3) is 12.3 Å². The number of aromatic nitrogens is 3. The van der Waals surface area contributed by atoms with Crippen LogP contribution in [0.1, 0.15) is 19.2 Å². The minimum atomic E-state index is 0.793. The Bertz CT molecular complexity index is 305. The van der Waals surface area contributed by atoms with Crippen LogP contribution in [0.2, 0.25) is 0 Å². The second-order valence-corrected chi connectivity index (χ2v) is 2.55. The number of rotatable bonds is 4. The average molecular weight is 178 g/mol. The normalized spacial score (nSPS) is 11.4. The van der Waals surface area contributed by atoms with E-state index in [0.29, 0.717) is 0 Å². The van der Waals surface area contributed by atoms with Crippen LogP contribution in [-0.4, -0.2) is 21.8 Å². The molecule has 0 amide bonds. The second kappa shape index (κ2) is 4.45. The third kappa shape index (κ3) is 2.18. The van der Waals surface area contributed by atoms with E-state index in [1.54, 1.807) is 17.1 Å². The summed E-state index contributed by atoms with van der Waals surface area (Å²) in [4.78, 5) is 0. The molecule has 0 aliphatic carbocycles. The zero-order chi connectivity index (χ0) is 9.68. The highest BCUT2D eigenvalue weighted by molar-refractivity contribution is 5.47. The Labute approximate surface area is 78.0 Å². The predicted molar refractivity (Wildman–Crippen MR) is 53.7 cm³/mol. The van der Waals surface area contributed by atoms with Crippen molar-refractivity contribution in [1.82, 2.24) is 20.1 Å². The third-order valence-corrected chi connectivity index (χ3v) is 1.80. The fourth-order valence-corrected chi connectivity index (χ4v) is 1.00. The van der Waals surface area contributed by atoms with Gasteiger partial charge in [-0.2, -0.15) is 0 Å². The van der Waals surface area contributed by atoms with Crippen molar-refractivity contribution in [3.63, 3.8) is 0 Å². The van der Waals surface area contributed by atoms with Crippen LogP contribution in [0.4, 0.5) is 0 Å². The summed E-state index contributed by atoms with van der Waals surface area (Å²) in [5.74, 6) is 0.793. The summed E-state index contributed by atoms with van der Waals surface area (Å²) in [5.41, 5.74) is 1.12. The smallest absolute Gasteiger partial charge is 0.162 e. The van der Waals surface area contributed by atoms with Crippen molar-refractivity contribution in [2.45, 2.75) is 13.3 Å².